The number of piperazine rings is 1. The average Bonchev–Trinajstić information content (AvgIpc) is 2.50. The number of rotatable bonds is 3. The summed E-state index contributed by atoms with van der Waals surface area (Å²) in [6.45, 7) is 5.35. The molecule has 0 aromatic heterocycles. The standard InChI is InChI=1S/C17H20N2O2/c1-5-14(6-2)19-12(3)15(20)18-17(4,16(19)21)13-10-8-7-9-11-13/h1,7-12,14H,6H2,2-4H3,(H,18,20). The largest absolute Gasteiger partial charge is 0.336 e. The summed E-state index contributed by atoms with van der Waals surface area (Å²) in [5, 5.41) is 2.84. The van der Waals surface area contributed by atoms with Gasteiger partial charge in [-0.2, -0.15) is 0 Å². The molecule has 3 unspecified atom stereocenters. The summed E-state index contributed by atoms with van der Waals surface area (Å²) in [6, 6.07) is 8.31. The molecule has 0 spiro atoms. The summed E-state index contributed by atoms with van der Waals surface area (Å²) >= 11 is 0. The highest BCUT2D eigenvalue weighted by Gasteiger charge is 2.49. The maximum Gasteiger partial charge on any atom is 0.254 e. The van der Waals surface area contributed by atoms with Crippen LogP contribution in [0.1, 0.15) is 32.8 Å². The minimum atomic E-state index is -1.07. The Morgan fingerprint density at radius 3 is 2.52 bits per heavy atom. The van der Waals surface area contributed by atoms with Crippen LogP contribution >= 0.6 is 0 Å². The van der Waals surface area contributed by atoms with Crippen LogP contribution in [0.15, 0.2) is 30.3 Å². The Bertz CT molecular complexity index is 591. The van der Waals surface area contributed by atoms with E-state index >= 15 is 0 Å². The Labute approximate surface area is 125 Å². The van der Waals surface area contributed by atoms with Crippen molar-refractivity contribution in [2.45, 2.75) is 44.8 Å². The third kappa shape index (κ3) is 2.40. The Balaban J connectivity index is 2.48. The van der Waals surface area contributed by atoms with Gasteiger partial charge in [0, 0.05) is 0 Å². The highest BCUT2D eigenvalue weighted by molar-refractivity contribution is 6.00. The van der Waals surface area contributed by atoms with Crippen molar-refractivity contribution in [1.29, 1.82) is 0 Å². The molecule has 4 heteroatoms. The third-order valence-electron chi connectivity index (χ3n) is 4.10. The van der Waals surface area contributed by atoms with E-state index in [1.54, 1.807) is 13.8 Å². The number of carbonyl (C=O) groups is 2. The van der Waals surface area contributed by atoms with Gasteiger partial charge in [-0.25, -0.2) is 0 Å². The van der Waals surface area contributed by atoms with Crippen LogP contribution < -0.4 is 5.32 Å². The zero-order valence-corrected chi connectivity index (χ0v) is 12.6. The highest BCUT2D eigenvalue weighted by Crippen LogP contribution is 2.30. The first kappa shape index (κ1) is 15.1. The van der Waals surface area contributed by atoms with Crippen LogP contribution in [0.25, 0.3) is 0 Å². The van der Waals surface area contributed by atoms with Crippen LogP contribution in [0.3, 0.4) is 0 Å². The van der Waals surface area contributed by atoms with Crippen molar-refractivity contribution in [2.24, 2.45) is 0 Å². The van der Waals surface area contributed by atoms with Gasteiger partial charge in [-0.1, -0.05) is 43.2 Å². The summed E-state index contributed by atoms with van der Waals surface area (Å²) in [5.41, 5.74) is -0.318. The van der Waals surface area contributed by atoms with E-state index < -0.39 is 11.6 Å². The lowest BCUT2D eigenvalue weighted by molar-refractivity contribution is -0.155. The Morgan fingerprint density at radius 2 is 2.00 bits per heavy atom. The molecule has 1 aliphatic heterocycles. The fraction of sp³-hybridized carbons (Fsp3) is 0.412. The topological polar surface area (TPSA) is 49.4 Å². The van der Waals surface area contributed by atoms with Crippen molar-refractivity contribution < 1.29 is 9.59 Å². The summed E-state index contributed by atoms with van der Waals surface area (Å²) in [6.07, 6.45) is 6.15. The lowest BCUT2D eigenvalue weighted by Crippen LogP contribution is -2.68. The molecule has 0 bridgehead atoms. The highest BCUT2D eigenvalue weighted by atomic mass is 16.2. The van der Waals surface area contributed by atoms with Crippen molar-refractivity contribution in [2.75, 3.05) is 0 Å². The van der Waals surface area contributed by atoms with Gasteiger partial charge in [0.05, 0.1) is 6.04 Å². The summed E-state index contributed by atoms with van der Waals surface area (Å²) in [5.74, 6) is 2.27. The number of amides is 2. The Kier molecular flexibility index (Phi) is 4.04. The summed E-state index contributed by atoms with van der Waals surface area (Å²) in [7, 11) is 0. The minimum Gasteiger partial charge on any atom is -0.336 e. The molecule has 110 valence electrons. The molecule has 1 aromatic carbocycles. The number of nitrogens with zero attached hydrogens (tertiary/aromatic N) is 1. The van der Waals surface area contributed by atoms with Crippen LogP contribution in [0.2, 0.25) is 0 Å². The van der Waals surface area contributed by atoms with Crippen LogP contribution in [-0.4, -0.2) is 28.8 Å². The first-order valence-electron chi connectivity index (χ1n) is 7.12. The van der Waals surface area contributed by atoms with Gasteiger partial charge in [0.15, 0.2) is 0 Å². The maximum absolute atomic E-state index is 13.0. The first-order valence-corrected chi connectivity index (χ1v) is 7.12. The molecule has 0 radical (unpaired) electrons. The maximum atomic E-state index is 13.0. The van der Waals surface area contributed by atoms with Gasteiger partial charge in [0.25, 0.3) is 5.91 Å². The Morgan fingerprint density at radius 1 is 1.38 bits per heavy atom. The number of hydrogen-bond acceptors (Lipinski definition) is 2. The van der Waals surface area contributed by atoms with E-state index in [4.69, 9.17) is 6.42 Å². The van der Waals surface area contributed by atoms with Crippen molar-refractivity contribution in [1.82, 2.24) is 10.2 Å². The molecule has 0 saturated carbocycles. The first-order chi connectivity index (χ1) is 9.95. The molecule has 1 heterocycles. The lowest BCUT2D eigenvalue weighted by atomic mass is 9.86. The van der Waals surface area contributed by atoms with E-state index in [1.807, 2.05) is 37.3 Å². The molecule has 4 nitrogen and oxygen atoms in total. The zero-order valence-electron chi connectivity index (χ0n) is 12.6. The monoisotopic (exact) mass is 284 g/mol. The molecule has 1 aromatic rings. The SMILES string of the molecule is C#CC(CC)N1C(=O)C(C)(c2ccccc2)NC(=O)C1C. The van der Waals surface area contributed by atoms with Crippen molar-refractivity contribution in [3.8, 4) is 12.3 Å². The Hall–Kier alpha value is -2.28. The molecule has 2 amide bonds. The minimum absolute atomic E-state index is 0.161. The van der Waals surface area contributed by atoms with Crippen LogP contribution in [0, 0.1) is 12.3 Å². The van der Waals surface area contributed by atoms with Gasteiger partial charge >= 0.3 is 0 Å². The second kappa shape index (κ2) is 5.61. The van der Waals surface area contributed by atoms with Crippen molar-refractivity contribution in [3.05, 3.63) is 35.9 Å². The molecule has 1 saturated heterocycles. The smallest absolute Gasteiger partial charge is 0.254 e. The number of carbonyl (C=O) groups excluding carboxylic acids is 2. The van der Waals surface area contributed by atoms with E-state index in [0.717, 1.165) is 5.56 Å². The number of terminal acetylenes is 1. The van der Waals surface area contributed by atoms with E-state index in [9.17, 15) is 9.59 Å². The number of nitrogens with one attached hydrogen (secondary N) is 1. The third-order valence-corrected chi connectivity index (χ3v) is 4.10. The van der Waals surface area contributed by atoms with Crippen molar-refractivity contribution >= 4 is 11.8 Å². The molecule has 0 aliphatic carbocycles. The average molecular weight is 284 g/mol. The van der Waals surface area contributed by atoms with Gasteiger partial charge < -0.3 is 10.2 Å². The van der Waals surface area contributed by atoms with E-state index in [1.165, 1.54) is 4.90 Å². The molecule has 1 fully saturated rings. The molecular formula is C17H20N2O2. The van der Waals surface area contributed by atoms with E-state index in [2.05, 4.69) is 11.2 Å². The quantitative estimate of drug-likeness (QED) is 0.858. The summed E-state index contributed by atoms with van der Waals surface area (Å²) < 4.78 is 0. The normalized spacial score (nSPS) is 27.0. The van der Waals surface area contributed by atoms with Gasteiger partial charge in [-0.15, -0.1) is 6.42 Å². The predicted octanol–water partition coefficient (Wildman–Crippen LogP) is 1.66. The van der Waals surface area contributed by atoms with Gasteiger partial charge in [-0.3, -0.25) is 9.59 Å². The lowest BCUT2D eigenvalue weighted by Gasteiger charge is -2.45. The van der Waals surface area contributed by atoms with E-state index in [0.29, 0.717) is 6.42 Å². The van der Waals surface area contributed by atoms with E-state index in [-0.39, 0.29) is 17.9 Å². The predicted molar refractivity (Wildman–Crippen MR) is 81.2 cm³/mol. The molecule has 2 rings (SSSR count). The fourth-order valence-electron chi connectivity index (χ4n) is 2.74. The van der Waals surface area contributed by atoms with Gasteiger partial charge in [-0.05, 0) is 25.8 Å². The molecule has 21 heavy (non-hydrogen) atoms. The molecule has 3 atom stereocenters. The number of benzene rings is 1. The molecule has 1 N–H and O–H groups in total. The van der Waals surface area contributed by atoms with Gasteiger partial charge in [0.2, 0.25) is 5.91 Å². The van der Waals surface area contributed by atoms with Crippen molar-refractivity contribution in [3.63, 3.8) is 0 Å². The van der Waals surface area contributed by atoms with Gasteiger partial charge in [0.1, 0.15) is 11.6 Å². The second-order valence-electron chi connectivity index (χ2n) is 5.46. The summed E-state index contributed by atoms with van der Waals surface area (Å²) in [4.78, 5) is 26.8. The van der Waals surface area contributed by atoms with Crippen LogP contribution in [-0.2, 0) is 15.1 Å². The molecular weight excluding hydrogens is 264 g/mol. The fourth-order valence-corrected chi connectivity index (χ4v) is 2.74. The molecule has 1 aliphatic rings. The van der Waals surface area contributed by atoms with Crippen LogP contribution in [0.4, 0.5) is 0 Å². The zero-order chi connectivity index (χ0) is 15.6. The van der Waals surface area contributed by atoms with Crippen LogP contribution in [0.5, 0.6) is 0 Å². The second-order valence-corrected chi connectivity index (χ2v) is 5.46. The number of hydrogen-bond donors (Lipinski definition) is 1.